The van der Waals surface area contributed by atoms with Crippen molar-refractivity contribution >= 4 is 139 Å². The number of carbonyl (C=O) groups excluding carboxylic acids is 4. The smallest absolute Gasteiger partial charge is 0.335 e. The Labute approximate surface area is 665 Å². The van der Waals surface area contributed by atoms with E-state index in [-0.39, 0.29) is 84.4 Å². The molecule has 3 amide bonds. The molecule has 584 valence electrons. The summed E-state index contributed by atoms with van der Waals surface area (Å²) in [5, 5.41) is 68.2. The SMILES string of the molecule is CN(C)c1ccc(C(=O)C[C@H](Cc2ccccc2)C(=O)Nc2ccc([N+](=O)[O-])cc2Cl)cc1.CN(C)c1ccc(C(=O)O)cc1.C[C@H](Cc1ccccc1)C(=O)Nc1ccc([N+](=O)[O-])cc1Cl.C[C@H](Cc1ccccc1)C(=O)O.N[C@H](Cc1ccccc1)C(=O)Nc1ccc([N+](=O)[O-])cc1Cl.Nc1ccc([N+](=O)[O-])cc1Cl. The third-order valence-corrected chi connectivity index (χ3v) is 17.5. The molecule has 0 bridgehead atoms. The van der Waals surface area contributed by atoms with Crippen LogP contribution < -0.4 is 37.2 Å². The Hall–Kier alpha value is -12.7. The number of ketones is 1. The Kier molecular flexibility index (Phi) is 36.4. The number of nitrogens with one attached hydrogen (secondary N) is 3. The monoisotopic (exact) mass is 1600 g/mol. The van der Waals surface area contributed by atoms with Crippen molar-refractivity contribution < 1.29 is 58.7 Å². The van der Waals surface area contributed by atoms with Crippen LogP contribution >= 0.6 is 46.4 Å². The molecule has 27 nitrogen and oxygen atoms in total. The minimum Gasteiger partial charge on any atom is -0.481 e. The molecule has 112 heavy (non-hydrogen) atoms. The topological polar surface area (TPSA) is 410 Å². The summed E-state index contributed by atoms with van der Waals surface area (Å²) in [6, 6.07) is 66.9. The molecule has 9 N–H and O–H groups in total. The molecule has 0 unspecified atom stereocenters. The lowest BCUT2D eigenvalue weighted by atomic mass is 9.91. The fraction of sp³-hybridized carbons (Fsp3) is 0.185. The maximum absolute atomic E-state index is 13.1. The van der Waals surface area contributed by atoms with Crippen LogP contribution in [-0.2, 0) is 44.9 Å². The van der Waals surface area contributed by atoms with E-state index in [1.54, 1.807) is 43.3 Å². The van der Waals surface area contributed by atoms with Gasteiger partial charge in [0.2, 0.25) is 17.7 Å². The van der Waals surface area contributed by atoms with Gasteiger partial charge in [0.05, 0.1) is 80.1 Å². The molecule has 10 aromatic rings. The maximum Gasteiger partial charge on any atom is 0.335 e. The van der Waals surface area contributed by atoms with Crippen molar-refractivity contribution in [3.63, 3.8) is 0 Å². The third kappa shape index (κ3) is 30.8. The number of amides is 3. The highest BCUT2D eigenvalue weighted by Gasteiger charge is 2.26. The van der Waals surface area contributed by atoms with Gasteiger partial charge in [-0.25, -0.2) is 4.79 Å². The first-order valence-corrected chi connectivity index (χ1v) is 35.5. The number of hydrogen-bond donors (Lipinski definition) is 7. The predicted octanol–water partition coefficient (Wildman–Crippen LogP) is 17.4. The van der Waals surface area contributed by atoms with Crippen molar-refractivity contribution in [3.05, 3.63) is 337 Å². The van der Waals surface area contributed by atoms with E-state index in [2.05, 4.69) is 16.0 Å². The highest BCUT2D eigenvalue weighted by atomic mass is 35.5. The van der Waals surface area contributed by atoms with E-state index in [1.807, 2.05) is 178 Å². The Morgan fingerprint density at radius 3 is 1.04 bits per heavy atom. The number of rotatable bonds is 25. The molecule has 0 fully saturated rings. The highest BCUT2D eigenvalue weighted by molar-refractivity contribution is 6.35. The lowest BCUT2D eigenvalue weighted by molar-refractivity contribution is -0.385. The number of nitro benzene ring substituents is 4. The fourth-order valence-corrected chi connectivity index (χ4v) is 10.8. The van der Waals surface area contributed by atoms with Gasteiger partial charge in [-0.1, -0.05) is 182 Å². The number of carboxylic acid groups (broad SMARTS) is 2. The van der Waals surface area contributed by atoms with Crippen LogP contribution in [0.25, 0.3) is 0 Å². The summed E-state index contributed by atoms with van der Waals surface area (Å²) in [7, 11) is 7.66. The van der Waals surface area contributed by atoms with Crippen LogP contribution in [0.15, 0.2) is 243 Å². The van der Waals surface area contributed by atoms with E-state index >= 15 is 0 Å². The highest BCUT2D eigenvalue weighted by Crippen LogP contribution is 2.31. The molecule has 0 saturated carbocycles. The molecule has 0 spiro atoms. The van der Waals surface area contributed by atoms with Crippen molar-refractivity contribution in [3.8, 4) is 0 Å². The second kappa shape index (κ2) is 45.4. The van der Waals surface area contributed by atoms with Crippen molar-refractivity contribution in [1.29, 1.82) is 0 Å². The third-order valence-electron chi connectivity index (χ3n) is 16.2. The lowest BCUT2D eigenvalue weighted by Gasteiger charge is -2.18. The molecular weight excluding hydrogens is 1520 g/mol. The van der Waals surface area contributed by atoms with Crippen molar-refractivity contribution in [1.82, 2.24) is 0 Å². The number of nitrogen functional groups attached to an aromatic ring is 1. The largest absolute Gasteiger partial charge is 0.481 e. The van der Waals surface area contributed by atoms with Gasteiger partial charge in [-0.15, -0.1) is 0 Å². The summed E-state index contributed by atoms with van der Waals surface area (Å²) in [4.78, 5) is 115. The minimum atomic E-state index is -0.889. The molecule has 0 radical (unpaired) electrons. The number of aromatic carboxylic acids is 1. The van der Waals surface area contributed by atoms with Gasteiger partial charge in [-0.05, 0) is 121 Å². The number of anilines is 6. The number of aliphatic carboxylic acids is 1. The molecule has 0 aromatic heterocycles. The van der Waals surface area contributed by atoms with E-state index in [9.17, 15) is 69.2 Å². The first kappa shape index (κ1) is 90.0. The van der Waals surface area contributed by atoms with Gasteiger partial charge in [-0.2, -0.15) is 0 Å². The number of nitro groups is 4. The summed E-state index contributed by atoms with van der Waals surface area (Å²) >= 11 is 23.5. The zero-order valence-electron chi connectivity index (χ0n) is 61.4. The molecule has 10 rings (SSSR count). The zero-order chi connectivity index (χ0) is 82.7. The Bertz CT molecular complexity index is 4730. The van der Waals surface area contributed by atoms with E-state index in [1.165, 1.54) is 72.8 Å². The molecule has 0 heterocycles. The number of non-ortho nitro benzene ring substituents is 4. The van der Waals surface area contributed by atoms with E-state index in [4.69, 9.17) is 68.1 Å². The van der Waals surface area contributed by atoms with Crippen LogP contribution in [0.2, 0.25) is 20.1 Å². The van der Waals surface area contributed by atoms with Gasteiger partial charge in [0.1, 0.15) is 0 Å². The van der Waals surface area contributed by atoms with Crippen LogP contribution in [0.3, 0.4) is 0 Å². The molecule has 0 aliphatic rings. The fourth-order valence-electron chi connectivity index (χ4n) is 9.92. The van der Waals surface area contributed by atoms with E-state index in [0.29, 0.717) is 53.9 Å². The van der Waals surface area contributed by atoms with Gasteiger partial charge >= 0.3 is 11.9 Å². The average Bonchev–Trinajstić information content (AvgIpc) is 0.855. The van der Waals surface area contributed by atoms with Crippen molar-refractivity contribution in [2.45, 2.75) is 52.0 Å². The van der Waals surface area contributed by atoms with Gasteiger partial charge in [0, 0.05) is 112 Å². The number of carboxylic acids is 2. The number of benzene rings is 10. The van der Waals surface area contributed by atoms with Gasteiger partial charge in [0.25, 0.3) is 22.7 Å². The quantitative estimate of drug-likeness (QED) is 0.0121. The van der Waals surface area contributed by atoms with Gasteiger partial charge < -0.3 is 47.4 Å². The molecule has 31 heteroatoms. The van der Waals surface area contributed by atoms with Crippen LogP contribution in [0.4, 0.5) is 56.9 Å². The molecule has 10 aromatic carbocycles. The van der Waals surface area contributed by atoms with E-state index in [0.717, 1.165) is 33.6 Å². The standard InChI is InChI=1S/C25H24ClN3O4.C16H15ClN2O3.C15H14ClN3O3.C10H12O2.C9H11NO2.C6H5ClN2O2/c1-28(2)20-10-8-18(9-11-20)24(30)15-19(14-17-6-4-3-5-7-17)25(31)27-23-13-12-21(29(32)33)16-22(23)26;1-11(9-12-5-3-2-4-6-12)16(20)18-15-8-7-13(19(21)22)10-14(15)17;16-12-9-11(19(21)22)6-7-14(12)18-15(20)13(17)8-10-4-2-1-3-5-10;1-8(10(11)12)7-9-5-3-2-4-6-9;1-10(2)8-5-3-7(4-6-8)9(11)12;7-5-3-4(9(10)11)1-2-6(5)8/h3-13,16,19H,14-15H2,1-2H3,(H,27,31);2-8,10-11H,9H2,1H3,(H,18,20);1-7,9,13H,8,17H2,(H,18,20);2-6,8H,7H2,1H3,(H,11,12);3-6H,1-2H3,(H,11,12);1-3H,8H2/t19-;11-;13-;8-;;/m0111../s1. The molecule has 0 saturated heterocycles. The molecule has 0 aliphatic carbocycles. The summed E-state index contributed by atoms with van der Waals surface area (Å²) in [6.07, 6.45) is 1.97. The zero-order valence-corrected chi connectivity index (χ0v) is 64.4. The van der Waals surface area contributed by atoms with Crippen molar-refractivity contribution in [2.24, 2.45) is 23.5 Å². The minimum absolute atomic E-state index is 0.00659. The summed E-state index contributed by atoms with van der Waals surface area (Å²) in [5.41, 5.74) is 18.8. The van der Waals surface area contributed by atoms with Crippen LogP contribution in [0.5, 0.6) is 0 Å². The molecule has 0 aliphatic heterocycles. The van der Waals surface area contributed by atoms with Crippen LogP contribution in [-0.4, -0.2) is 99.6 Å². The van der Waals surface area contributed by atoms with Crippen LogP contribution in [0.1, 0.15) is 63.2 Å². The first-order valence-electron chi connectivity index (χ1n) is 34.0. The van der Waals surface area contributed by atoms with Crippen molar-refractivity contribution in [2.75, 3.05) is 59.7 Å². The second-order valence-electron chi connectivity index (χ2n) is 25.2. The van der Waals surface area contributed by atoms with Gasteiger partial charge in [0.15, 0.2) is 5.78 Å². The summed E-state index contributed by atoms with van der Waals surface area (Å²) in [5.74, 6) is -3.93. The number of nitrogens with two attached hydrogens (primary N) is 2. The first-order chi connectivity index (χ1) is 53.1. The average molecular weight is 1610 g/mol. The Balaban J connectivity index is 0.000000252. The number of nitrogens with zero attached hydrogens (tertiary/aromatic N) is 6. The molecule has 4 atom stereocenters. The lowest BCUT2D eigenvalue weighted by Crippen LogP contribution is -2.37. The number of halogens is 4. The van der Waals surface area contributed by atoms with E-state index < -0.39 is 49.5 Å². The Morgan fingerprint density at radius 1 is 0.402 bits per heavy atom. The maximum atomic E-state index is 13.1. The number of hydrogen-bond acceptors (Lipinski definition) is 18. The van der Waals surface area contributed by atoms with Gasteiger partial charge in [-0.3, -0.25) is 64.4 Å². The summed E-state index contributed by atoms with van der Waals surface area (Å²) < 4.78 is 0. The number of carbonyl (C=O) groups is 6. The van der Waals surface area contributed by atoms with Crippen LogP contribution in [0, 0.1) is 58.2 Å². The molecular formula is C81H81Cl4N11O16. The number of Topliss-reactive ketones (excluding diaryl/α,β-unsaturated/α-hetero) is 1. The predicted molar refractivity (Wildman–Crippen MR) is 438 cm³/mol. The summed E-state index contributed by atoms with van der Waals surface area (Å²) in [6.45, 7) is 3.54. The Morgan fingerprint density at radius 2 is 0.714 bits per heavy atom. The normalized spacial score (nSPS) is 11.3. The second-order valence-corrected chi connectivity index (χ2v) is 26.8.